The Balaban J connectivity index is 2.37. The van der Waals surface area contributed by atoms with Gasteiger partial charge in [0.1, 0.15) is 5.75 Å². The Labute approximate surface area is 112 Å². The van der Waals surface area contributed by atoms with E-state index in [9.17, 15) is 0 Å². The van der Waals surface area contributed by atoms with Gasteiger partial charge in [-0.25, -0.2) is 0 Å². The highest BCUT2D eigenvalue weighted by Crippen LogP contribution is 2.34. The van der Waals surface area contributed by atoms with E-state index in [4.69, 9.17) is 10.5 Å². The number of hydrogen-bond acceptors (Lipinski definition) is 3. The van der Waals surface area contributed by atoms with Gasteiger partial charge in [-0.2, -0.15) is 0 Å². The van der Waals surface area contributed by atoms with Gasteiger partial charge >= 0.3 is 0 Å². The molecule has 0 saturated carbocycles. The molecule has 2 nitrogen and oxygen atoms in total. The van der Waals surface area contributed by atoms with Gasteiger partial charge in [-0.15, -0.1) is 11.3 Å². The van der Waals surface area contributed by atoms with Crippen LogP contribution in [0.4, 0.5) is 5.00 Å². The molecule has 1 aromatic carbocycles. The highest BCUT2D eigenvalue weighted by molar-refractivity contribution is 7.16. The fraction of sp³-hybridized carbons (Fsp3) is 0.333. The van der Waals surface area contributed by atoms with Crippen LogP contribution in [0.5, 0.6) is 5.75 Å². The van der Waals surface area contributed by atoms with Crippen LogP contribution in [-0.4, -0.2) is 6.10 Å². The lowest BCUT2D eigenvalue weighted by Crippen LogP contribution is -2.06. The Morgan fingerprint density at radius 2 is 1.89 bits per heavy atom. The monoisotopic (exact) mass is 261 g/mol. The molecular formula is C15H19NOS. The lowest BCUT2D eigenvalue weighted by atomic mass is 10.0. The molecule has 18 heavy (non-hydrogen) atoms. The lowest BCUT2D eigenvalue weighted by molar-refractivity contribution is 0.241. The number of hydrogen-bond donors (Lipinski definition) is 1. The van der Waals surface area contributed by atoms with Crippen LogP contribution in [0.3, 0.4) is 0 Å². The first-order chi connectivity index (χ1) is 8.47. The Hall–Kier alpha value is -1.48. The van der Waals surface area contributed by atoms with E-state index in [-0.39, 0.29) is 6.10 Å². The highest BCUT2D eigenvalue weighted by Gasteiger charge is 2.09. The van der Waals surface area contributed by atoms with E-state index in [1.54, 1.807) is 11.3 Å². The molecule has 1 aromatic heterocycles. The number of thiophene rings is 1. The fourth-order valence-electron chi connectivity index (χ4n) is 1.99. The van der Waals surface area contributed by atoms with Crippen LogP contribution in [0.1, 0.15) is 24.3 Å². The second kappa shape index (κ2) is 5.02. The fourth-order valence-corrected chi connectivity index (χ4v) is 2.81. The van der Waals surface area contributed by atoms with Gasteiger partial charge in [0, 0.05) is 4.88 Å². The maximum Gasteiger partial charge on any atom is 0.122 e. The quantitative estimate of drug-likeness (QED) is 0.888. The lowest BCUT2D eigenvalue weighted by Gasteiger charge is -2.13. The Kier molecular flexibility index (Phi) is 3.62. The topological polar surface area (TPSA) is 35.2 Å². The third-order valence-corrected chi connectivity index (χ3v) is 3.67. The normalized spacial score (nSPS) is 10.9. The van der Waals surface area contributed by atoms with E-state index in [1.807, 2.05) is 26.0 Å². The summed E-state index contributed by atoms with van der Waals surface area (Å²) in [6.07, 6.45) is 0.202. The van der Waals surface area contributed by atoms with Gasteiger partial charge in [-0.05, 0) is 62.6 Å². The molecule has 0 bridgehead atoms. The Morgan fingerprint density at radius 3 is 2.39 bits per heavy atom. The molecule has 0 amide bonds. The van der Waals surface area contributed by atoms with E-state index < -0.39 is 0 Å². The van der Waals surface area contributed by atoms with Gasteiger partial charge < -0.3 is 10.5 Å². The zero-order chi connectivity index (χ0) is 13.3. The molecule has 0 fully saturated rings. The van der Waals surface area contributed by atoms with Gasteiger partial charge in [0.15, 0.2) is 0 Å². The van der Waals surface area contributed by atoms with Crippen molar-refractivity contribution in [2.75, 3.05) is 5.73 Å². The summed E-state index contributed by atoms with van der Waals surface area (Å²) in [4.78, 5) is 1.25. The van der Waals surface area contributed by atoms with E-state index in [2.05, 4.69) is 26.0 Å². The maximum atomic E-state index is 5.84. The summed E-state index contributed by atoms with van der Waals surface area (Å²) >= 11 is 1.63. The van der Waals surface area contributed by atoms with Crippen molar-refractivity contribution < 1.29 is 4.74 Å². The number of rotatable bonds is 3. The molecule has 2 aromatic rings. The van der Waals surface area contributed by atoms with Gasteiger partial charge in [0.2, 0.25) is 0 Å². The molecule has 0 saturated heterocycles. The predicted molar refractivity (Wildman–Crippen MR) is 79.4 cm³/mol. The molecular weight excluding hydrogens is 242 g/mol. The van der Waals surface area contributed by atoms with Crippen LogP contribution < -0.4 is 10.5 Å². The van der Waals surface area contributed by atoms with E-state index >= 15 is 0 Å². The summed E-state index contributed by atoms with van der Waals surface area (Å²) in [5.41, 5.74) is 9.42. The SMILES string of the molecule is Cc1cc(-c2cc(N)sc2C)ccc1OC(C)C. The second-order valence-corrected chi connectivity index (χ2v) is 6.05. The maximum absolute atomic E-state index is 5.84. The number of anilines is 1. The summed E-state index contributed by atoms with van der Waals surface area (Å²) in [5.74, 6) is 0.953. The average Bonchev–Trinajstić information content (AvgIpc) is 2.60. The van der Waals surface area contributed by atoms with Crippen LogP contribution >= 0.6 is 11.3 Å². The first kappa shape index (κ1) is 13.0. The third-order valence-electron chi connectivity index (χ3n) is 2.79. The van der Waals surface area contributed by atoms with Gasteiger partial charge in [-0.1, -0.05) is 6.07 Å². The molecule has 0 radical (unpaired) electrons. The van der Waals surface area contributed by atoms with Gasteiger partial charge in [0.25, 0.3) is 0 Å². The second-order valence-electron chi connectivity index (χ2n) is 4.77. The molecule has 2 rings (SSSR count). The minimum absolute atomic E-state index is 0.202. The molecule has 0 unspecified atom stereocenters. The van der Waals surface area contributed by atoms with Crippen LogP contribution in [0.25, 0.3) is 11.1 Å². The summed E-state index contributed by atoms with van der Waals surface area (Å²) in [5, 5.41) is 0.864. The number of benzene rings is 1. The zero-order valence-electron chi connectivity index (χ0n) is 11.3. The first-order valence-corrected chi connectivity index (χ1v) is 6.92. The Bertz CT molecular complexity index is 558. The van der Waals surface area contributed by atoms with Crippen LogP contribution in [-0.2, 0) is 0 Å². The van der Waals surface area contributed by atoms with Crippen LogP contribution in [0.15, 0.2) is 24.3 Å². The van der Waals surface area contributed by atoms with Crippen molar-refractivity contribution >= 4 is 16.3 Å². The van der Waals surface area contributed by atoms with Gasteiger partial charge in [0.05, 0.1) is 11.1 Å². The minimum atomic E-state index is 0.202. The number of ether oxygens (including phenoxy) is 1. The van der Waals surface area contributed by atoms with E-state index in [0.29, 0.717) is 0 Å². The first-order valence-electron chi connectivity index (χ1n) is 6.11. The van der Waals surface area contributed by atoms with Crippen LogP contribution in [0.2, 0.25) is 0 Å². The summed E-state index contributed by atoms with van der Waals surface area (Å²) < 4.78 is 5.75. The standard InChI is InChI=1S/C15H19NOS/c1-9(2)17-14-6-5-12(7-10(14)3)13-8-15(16)18-11(13)4/h5-9H,16H2,1-4H3. The van der Waals surface area contributed by atoms with Crippen molar-refractivity contribution in [1.29, 1.82) is 0 Å². The smallest absolute Gasteiger partial charge is 0.122 e. The van der Waals surface area contributed by atoms with Crippen molar-refractivity contribution in [3.8, 4) is 16.9 Å². The summed E-state index contributed by atoms with van der Waals surface area (Å²) in [6, 6.07) is 8.33. The van der Waals surface area contributed by atoms with E-state index in [0.717, 1.165) is 16.3 Å². The summed E-state index contributed by atoms with van der Waals surface area (Å²) in [7, 11) is 0. The molecule has 0 aliphatic heterocycles. The highest BCUT2D eigenvalue weighted by atomic mass is 32.1. The number of aryl methyl sites for hydroxylation is 2. The number of nitrogens with two attached hydrogens (primary N) is 1. The molecule has 2 N–H and O–H groups in total. The minimum Gasteiger partial charge on any atom is -0.491 e. The van der Waals surface area contributed by atoms with Crippen molar-refractivity contribution in [3.63, 3.8) is 0 Å². The number of nitrogen functional groups attached to an aromatic ring is 1. The predicted octanol–water partition coefficient (Wildman–Crippen LogP) is 4.40. The molecule has 0 aliphatic carbocycles. The Morgan fingerprint density at radius 1 is 1.17 bits per heavy atom. The molecule has 0 spiro atoms. The van der Waals surface area contributed by atoms with Crippen molar-refractivity contribution in [1.82, 2.24) is 0 Å². The van der Waals surface area contributed by atoms with Crippen molar-refractivity contribution in [3.05, 3.63) is 34.7 Å². The molecule has 0 aliphatic rings. The molecule has 0 atom stereocenters. The van der Waals surface area contributed by atoms with E-state index in [1.165, 1.54) is 16.0 Å². The van der Waals surface area contributed by atoms with Crippen LogP contribution in [0, 0.1) is 13.8 Å². The molecule has 96 valence electrons. The van der Waals surface area contributed by atoms with Gasteiger partial charge in [-0.3, -0.25) is 0 Å². The third kappa shape index (κ3) is 2.67. The molecule has 3 heteroatoms. The average molecular weight is 261 g/mol. The van der Waals surface area contributed by atoms with Crippen molar-refractivity contribution in [2.24, 2.45) is 0 Å². The van der Waals surface area contributed by atoms with Crippen molar-refractivity contribution in [2.45, 2.75) is 33.8 Å². The largest absolute Gasteiger partial charge is 0.491 e. The zero-order valence-corrected chi connectivity index (χ0v) is 12.1. The molecule has 1 heterocycles. The summed E-state index contributed by atoms with van der Waals surface area (Å²) in [6.45, 7) is 8.25.